The summed E-state index contributed by atoms with van der Waals surface area (Å²) < 4.78 is 11.0. The summed E-state index contributed by atoms with van der Waals surface area (Å²) in [6, 6.07) is 0. The van der Waals surface area contributed by atoms with Gasteiger partial charge in [0.2, 0.25) is 0 Å². The normalized spacial score (nSPS) is 22.1. The monoisotopic (exact) mass is 210 g/mol. The van der Waals surface area contributed by atoms with Crippen LogP contribution in [0.5, 0.6) is 0 Å². The van der Waals surface area contributed by atoms with Crippen molar-refractivity contribution < 1.29 is 9.47 Å². The molecular weight excluding hydrogens is 192 g/mol. The maximum absolute atomic E-state index is 5.50. The van der Waals surface area contributed by atoms with Crippen molar-refractivity contribution in [3.63, 3.8) is 0 Å². The average molecular weight is 210 g/mol. The molecule has 1 saturated heterocycles. The molecule has 4 heteroatoms. The summed E-state index contributed by atoms with van der Waals surface area (Å²) in [4.78, 5) is 0. The molecule has 0 amide bonds. The Morgan fingerprint density at radius 2 is 2.20 bits per heavy atom. The van der Waals surface area contributed by atoms with E-state index >= 15 is 0 Å². The number of nitrogens with two attached hydrogens (primary N) is 1. The smallest absolute Gasteiger partial charge is 0.174 e. The molecule has 0 bridgehead atoms. The zero-order valence-electron chi connectivity index (χ0n) is 9.25. The molecule has 1 aliphatic rings. The van der Waals surface area contributed by atoms with Crippen molar-refractivity contribution >= 4 is 0 Å². The molecule has 0 aromatic carbocycles. The molecule has 0 atom stereocenters. The number of hydrogen-bond acceptors (Lipinski definition) is 4. The van der Waals surface area contributed by atoms with Gasteiger partial charge >= 0.3 is 0 Å². The molecule has 0 unspecified atom stereocenters. The van der Waals surface area contributed by atoms with Gasteiger partial charge < -0.3 is 20.5 Å². The Kier molecular flexibility index (Phi) is 4.01. The van der Waals surface area contributed by atoms with Crippen molar-refractivity contribution in [1.29, 1.82) is 0 Å². The third kappa shape index (κ3) is 4.24. The van der Waals surface area contributed by atoms with Gasteiger partial charge in [-0.2, -0.15) is 0 Å². The van der Waals surface area contributed by atoms with Crippen LogP contribution in [-0.2, 0) is 9.47 Å². The molecule has 0 aromatic heterocycles. The first-order valence-electron chi connectivity index (χ1n) is 4.92. The number of allylic oxidation sites excluding steroid dienone is 1. The van der Waals surface area contributed by atoms with Crippen LogP contribution in [0.4, 0.5) is 0 Å². The fraction of sp³-hybridized carbons (Fsp3) is 0.636. The lowest BCUT2D eigenvalue weighted by Gasteiger charge is -2.34. The maximum Gasteiger partial charge on any atom is 0.174 e. The van der Waals surface area contributed by atoms with Gasteiger partial charge in [-0.1, -0.05) is 19.8 Å². The Balaban J connectivity index is 2.23. The molecule has 0 saturated carbocycles. The Bertz CT molecular complexity index is 269. The van der Waals surface area contributed by atoms with Crippen LogP contribution in [0.2, 0.25) is 0 Å². The summed E-state index contributed by atoms with van der Waals surface area (Å²) in [5, 5.41) is 2.95. The lowest BCUT2D eigenvalue weighted by Crippen LogP contribution is -2.41. The molecule has 0 aromatic rings. The van der Waals surface area contributed by atoms with Crippen molar-refractivity contribution in [2.45, 2.75) is 20.1 Å². The molecule has 84 valence electrons. The van der Waals surface area contributed by atoms with E-state index in [-0.39, 0.29) is 11.7 Å². The minimum atomic E-state index is -0.222. The van der Waals surface area contributed by atoms with Crippen LogP contribution in [0, 0.1) is 17.8 Å². The van der Waals surface area contributed by atoms with Crippen LogP contribution < -0.4 is 11.1 Å². The van der Waals surface area contributed by atoms with E-state index in [2.05, 4.69) is 25.1 Å². The number of terminal acetylenes is 1. The van der Waals surface area contributed by atoms with Gasteiger partial charge in [0.25, 0.3) is 0 Å². The molecule has 1 rings (SSSR count). The number of nitrogens with one attached hydrogen (secondary N) is 1. The Morgan fingerprint density at radius 1 is 1.60 bits per heavy atom. The highest BCUT2D eigenvalue weighted by molar-refractivity contribution is 5.20. The molecule has 3 N–H and O–H groups in total. The van der Waals surface area contributed by atoms with E-state index in [0.717, 1.165) is 0 Å². The van der Waals surface area contributed by atoms with Crippen LogP contribution in [0.1, 0.15) is 13.8 Å². The topological polar surface area (TPSA) is 56.5 Å². The summed E-state index contributed by atoms with van der Waals surface area (Å²) in [6.07, 6.45) is 6.43. The molecule has 1 fully saturated rings. The highest BCUT2D eigenvalue weighted by atomic mass is 16.7. The number of hydrogen-bond donors (Lipinski definition) is 2. The van der Waals surface area contributed by atoms with E-state index in [9.17, 15) is 0 Å². The van der Waals surface area contributed by atoms with Crippen molar-refractivity contribution in [2.24, 2.45) is 11.1 Å². The highest BCUT2D eigenvalue weighted by Gasteiger charge is 2.27. The third-order valence-electron chi connectivity index (χ3n) is 2.03. The highest BCUT2D eigenvalue weighted by Crippen LogP contribution is 2.22. The van der Waals surface area contributed by atoms with Gasteiger partial charge in [0.05, 0.1) is 25.5 Å². The van der Waals surface area contributed by atoms with Crippen LogP contribution in [-0.4, -0.2) is 26.0 Å². The lowest BCUT2D eigenvalue weighted by molar-refractivity contribution is -0.217. The van der Waals surface area contributed by atoms with E-state index in [0.29, 0.717) is 25.5 Å². The van der Waals surface area contributed by atoms with Crippen LogP contribution in [0.3, 0.4) is 0 Å². The number of rotatable bonds is 3. The fourth-order valence-corrected chi connectivity index (χ4v) is 1.15. The summed E-state index contributed by atoms with van der Waals surface area (Å²) in [5.41, 5.74) is 5.88. The zero-order chi connectivity index (χ0) is 11.3. The van der Waals surface area contributed by atoms with Gasteiger partial charge in [-0.3, -0.25) is 0 Å². The second-order valence-corrected chi connectivity index (χ2v) is 4.37. The molecular formula is C11H18N2O2. The molecule has 4 nitrogen and oxygen atoms in total. The summed E-state index contributed by atoms with van der Waals surface area (Å²) in [5.74, 6) is 2.31. The largest absolute Gasteiger partial charge is 0.391 e. The van der Waals surface area contributed by atoms with Crippen molar-refractivity contribution in [3.05, 3.63) is 11.9 Å². The van der Waals surface area contributed by atoms with E-state index < -0.39 is 0 Å². The van der Waals surface area contributed by atoms with Gasteiger partial charge in [-0.15, -0.1) is 6.42 Å². The van der Waals surface area contributed by atoms with Gasteiger partial charge in [0.15, 0.2) is 6.29 Å². The minimum Gasteiger partial charge on any atom is -0.391 e. The first-order chi connectivity index (χ1) is 7.03. The predicted octanol–water partition coefficient (Wildman–Crippen LogP) is 0.408. The van der Waals surface area contributed by atoms with Crippen LogP contribution >= 0.6 is 0 Å². The Hall–Kier alpha value is -1.18. The van der Waals surface area contributed by atoms with E-state index in [1.54, 1.807) is 6.20 Å². The molecule has 0 radical (unpaired) electrons. The summed E-state index contributed by atoms with van der Waals surface area (Å²) >= 11 is 0. The Labute approximate surface area is 90.8 Å². The summed E-state index contributed by atoms with van der Waals surface area (Å²) in [6.45, 7) is 6.17. The van der Waals surface area contributed by atoms with Crippen molar-refractivity contribution in [2.75, 3.05) is 19.8 Å². The van der Waals surface area contributed by atoms with Crippen LogP contribution in [0.25, 0.3) is 0 Å². The molecule has 0 aliphatic carbocycles. The maximum atomic E-state index is 5.50. The first kappa shape index (κ1) is 11.9. The molecule has 1 aliphatic heterocycles. The van der Waals surface area contributed by atoms with Gasteiger partial charge in [0.1, 0.15) is 0 Å². The lowest BCUT2D eigenvalue weighted by atomic mass is 9.96. The van der Waals surface area contributed by atoms with E-state index in [1.807, 2.05) is 0 Å². The molecule has 15 heavy (non-hydrogen) atoms. The zero-order valence-corrected chi connectivity index (χ0v) is 9.25. The van der Waals surface area contributed by atoms with E-state index in [4.69, 9.17) is 21.6 Å². The fourth-order valence-electron chi connectivity index (χ4n) is 1.15. The minimum absolute atomic E-state index is 0.101. The van der Waals surface area contributed by atoms with Gasteiger partial charge in [-0.05, 0) is 0 Å². The molecule has 1 heterocycles. The van der Waals surface area contributed by atoms with Gasteiger partial charge in [-0.25, -0.2) is 0 Å². The first-order valence-corrected chi connectivity index (χ1v) is 4.92. The summed E-state index contributed by atoms with van der Waals surface area (Å²) in [7, 11) is 0. The Morgan fingerprint density at radius 3 is 2.73 bits per heavy atom. The molecule has 0 spiro atoms. The van der Waals surface area contributed by atoms with Gasteiger partial charge in [0, 0.05) is 11.6 Å². The van der Waals surface area contributed by atoms with Crippen molar-refractivity contribution in [1.82, 2.24) is 5.32 Å². The number of ether oxygens (including phenoxy) is 2. The van der Waals surface area contributed by atoms with Crippen molar-refractivity contribution in [3.8, 4) is 12.3 Å². The predicted molar refractivity (Wildman–Crippen MR) is 58.6 cm³/mol. The second-order valence-electron chi connectivity index (χ2n) is 4.37. The third-order valence-corrected chi connectivity index (χ3v) is 2.03. The quantitative estimate of drug-likeness (QED) is 0.662. The second kappa shape index (κ2) is 5.06. The standard InChI is InChI=1S/C11H18N2O2/c1-4-9(12)5-13-6-10-14-7-11(2,3)8-15-10/h1,5,10,13H,6-8,12H2,2-3H3/b9-5-. The SMILES string of the molecule is C#C/C(N)=C/NCC1OCC(C)(C)CO1. The van der Waals surface area contributed by atoms with Crippen LogP contribution in [0.15, 0.2) is 11.9 Å². The van der Waals surface area contributed by atoms with E-state index in [1.165, 1.54) is 0 Å². The average Bonchev–Trinajstić information content (AvgIpc) is 2.20.